The van der Waals surface area contributed by atoms with Gasteiger partial charge < -0.3 is 5.32 Å². The van der Waals surface area contributed by atoms with Crippen molar-refractivity contribution in [2.75, 3.05) is 25.0 Å². The van der Waals surface area contributed by atoms with Crippen molar-refractivity contribution in [1.82, 2.24) is 14.9 Å². The molecule has 1 saturated heterocycles. The van der Waals surface area contributed by atoms with Gasteiger partial charge in [0.25, 0.3) is 0 Å². The summed E-state index contributed by atoms with van der Waals surface area (Å²) < 4.78 is 14.9. The average molecular weight is 423 g/mol. The maximum Gasteiger partial charge on any atom is 0.129 e. The highest BCUT2D eigenvalue weighted by Crippen LogP contribution is 2.41. The van der Waals surface area contributed by atoms with Gasteiger partial charge in [-0.1, -0.05) is 18.6 Å². The molecule has 0 bridgehead atoms. The summed E-state index contributed by atoms with van der Waals surface area (Å²) in [5.74, 6) is 1.92. The zero-order valence-corrected chi connectivity index (χ0v) is 18.5. The number of halogens is 1. The molecule has 2 fully saturated rings. The van der Waals surface area contributed by atoms with Gasteiger partial charge in [0.1, 0.15) is 12.0 Å². The van der Waals surface area contributed by atoms with Gasteiger partial charge in [0.15, 0.2) is 0 Å². The summed E-state index contributed by atoms with van der Waals surface area (Å²) in [6, 6.07) is 8.62. The van der Waals surface area contributed by atoms with Gasteiger partial charge in [0.05, 0.1) is 0 Å². The molecule has 1 N–H and O–H groups in total. The first-order chi connectivity index (χ1) is 15.3. The van der Waals surface area contributed by atoms with Crippen LogP contribution >= 0.6 is 0 Å². The molecule has 5 heteroatoms. The van der Waals surface area contributed by atoms with E-state index in [-0.39, 0.29) is 5.92 Å². The summed E-state index contributed by atoms with van der Waals surface area (Å²) in [6.45, 7) is 3.85. The molecule has 3 aliphatic rings. The molecular weight excluding hydrogens is 387 g/mol. The number of pyridine rings is 2. The molecule has 31 heavy (non-hydrogen) atoms. The second kappa shape index (κ2) is 9.64. The topological polar surface area (TPSA) is 41.1 Å². The molecule has 0 amide bonds. The highest BCUT2D eigenvalue weighted by molar-refractivity contribution is 5.47. The number of fused-ring (bicyclic) bond motifs is 1. The number of likely N-dealkylation sites (tertiary alicyclic amines) is 1. The number of aryl methyl sites for hydroxylation is 2. The molecule has 0 spiro atoms. The Morgan fingerprint density at radius 3 is 3.00 bits per heavy atom. The van der Waals surface area contributed by atoms with Crippen LogP contribution in [0.1, 0.15) is 73.4 Å². The van der Waals surface area contributed by atoms with Crippen molar-refractivity contribution in [3.8, 4) is 0 Å². The summed E-state index contributed by atoms with van der Waals surface area (Å²) >= 11 is 0. The SMILES string of the molecule is FC(CCCCc1ccc2c(n1)NCCC2)C1CCN(Cc2cccnc2C2CC2)C1. The van der Waals surface area contributed by atoms with Gasteiger partial charge in [-0.3, -0.25) is 9.88 Å². The second-order valence-corrected chi connectivity index (χ2v) is 9.71. The van der Waals surface area contributed by atoms with Gasteiger partial charge in [-0.25, -0.2) is 9.37 Å². The Hall–Kier alpha value is -2.01. The van der Waals surface area contributed by atoms with Crippen LogP contribution in [0.2, 0.25) is 0 Å². The molecule has 2 aliphatic heterocycles. The van der Waals surface area contributed by atoms with E-state index in [1.165, 1.54) is 36.1 Å². The summed E-state index contributed by atoms with van der Waals surface area (Å²) in [5.41, 5.74) is 5.11. The van der Waals surface area contributed by atoms with Gasteiger partial charge in [-0.2, -0.15) is 0 Å². The first-order valence-corrected chi connectivity index (χ1v) is 12.3. The zero-order chi connectivity index (χ0) is 21.0. The smallest absolute Gasteiger partial charge is 0.129 e. The average Bonchev–Trinajstić information content (AvgIpc) is 3.55. The van der Waals surface area contributed by atoms with E-state index in [2.05, 4.69) is 33.4 Å². The Labute approximate surface area is 185 Å². The molecule has 0 radical (unpaired) electrons. The van der Waals surface area contributed by atoms with Crippen LogP contribution in [0.15, 0.2) is 30.5 Å². The van der Waals surface area contributed by atoms with Crippen LogP contribution in [0.3, 0.4) is 0 Å². The highest BCUT2D eigenvalue weighted by atomic mass is 19.1. The maximum atomic E-state index is 14.9. The number of hydrogen-bond donors (Lipinski definition) is 1. The number of nitrogens with one attached hydrogen (secondary N) is 1. The van der Waals surface area contributed by atoms with Crippen LogP contribution in [0.5, 0.6) is 0 Å². The quantitative estimate of drug-likeness (QED) is 0.558. The number of unbranched alkanes of at least 4 members (excludes halogenated alkanes) is 1. The van der Waals surface area contributed by atoms with E-state index in [1.54, 1.807) is 0 Å². The van der Waals surface area contributed by atoms with Crippen molar-refractivity contribution in [1.29, 1.82) is 0 Å². The van der Waals surface area contributed by atoms with E-state index in [1.807, 2.05) is 12.3 Å². The van der Waals surface area contributed by atoms with Gasteiger partial charge >= 0.3 is 0 Å². The molecule has 2 unspecified atom stereocenters. The second-order valence-electron chi connectivity index (χ2n) is 9.71. The third-order valence-electron chi connectivity index (χ3n) is 7.22. The summed E-state index contributed by atoms with van der Waals surface area (Å²) in [4.78, 5) is 11.8. The fraction of sp³-hybridized carbons (Fsp3) is 0.615. The van der Waals surface area contributed by atoms with Crippen molar-refractivity contribution in [3.63, 3.8) is 0 Å². The molecule has 4 nitrogen and oxygen atoms in total. The minimum atomic E-state index is -0.681. The van der Waals surface area contributed by atoms with Crippen LogP contribution in [0.25, 0.3) is 0 Å². The number of nitrogens with zero attached hydrogens (tertiary/aromatic N) is 3. The molecule has 0 aromatic carbocycles. The molecule has 2 atom stereocenters. The third kappa shape index (κ3) is 5.25. The highest BCUT2D eigenvalue weighted by Gasteiger charge is 2.31. The van der Waals surface area contributed by atoms with Crippen molar-refractivity contribution < 1.29 is 4.39 Å². The van der Waals surface area contributed by atoms with Crippen LogP contribution in [0, 0.1) is 5.92 Å². The summed E-state index contributed by atoms with van der Waals surface area (Å²) in [6.07, 6.45) is 10.7. The largest absolute Gasteiger partial charge is 0.370 e. The maximum absolute atomic E-state index is 14.9. The van der Waals surface area contributed by atoms with Crippen molar-refractivity contribution in [2.24, 2.45) is 5.92 Å². The van der Waals surface area contributed by atoms with E-state index in [0.29, 0.717) is 12.3 Å². The van der Waals surface area contributed by atoms with E-state index in [0.717, 1.165) is 69.8 Å². The van der Waals surface area contributed by atoms with Crippen molar-refractivity contribution in [2.45, 2.75) is 76.4 Å². The zero-order valence-electron chi connectivity index (χ0n) is 18.5. The fourth-order valence-corrected chi connectivity index (χ4v) is 5.24. The van der Waals surface area contributed by atoms with Crippen molar-refractivity contribution >= 4 is 5.82 Å². The normalized spacial score (nSPS) is 22.2. The third-order valence-corrected chi connectivity index (χ3v) is 7.22. The number of alkyl halides is 1. The lowest BCUT2D eigenvalue weighted by molar-refractivity contribution is 0.202. The predicted octanol–water partition coefficient (Wildman–Crippen LogP) is 5.29. The monoisotopic (exact) mass is 422 g/mol. The molecule has 1 aliphatic carbocycles. The first-order valence-electron chi connectivity index (χ1n) is 12.3. The Morgan fingerprint density at radius 1 is 1.16 bits per heavy atom. The van der Waals surface area contributed by atoms with Crippen LogP contribution < -0.4 is 5.32 Å². The minimum Gasteiger partial charge on any atom is -0.370 e. The lowest BCUT2D eigenvalue weighted by atomic mass is 9.97. The van der Waals surface area contributed by atoms with E-state index in [4.69, 9.17) is 4.98 Å². The number of anilines is 1. The van der Waals surface area contributed by atoms with Crippen LogP contribution in [-0.4, -0.2) is 40.7 Å². The molecule has 2 aromatic heterocycles. The molecule has 2 aromatic rings. The fourth-order valence-electron chi connectivity index (χ4n) is 5.24. The number of aromatic nitrogens is 2. The first kappa shape index (κ1) is 20.9. The van der Waals surface area contributed by atoms with Gasteiger partial charge in [0.2, 0.25) is 0 Å². The number of rotatable bonds is 9. The lowest BCUT2D eigenvalue weighted by Gasteiger charge is -2.19. The van der Waals surface area contributed by atoms with Crippen LogP contribution in [-0.2, 0) is 19.4 Å². The Bertz CT molecular complexity index is 881. The van der Waals surface area contributed by atoms with E-state index >= 15 is 0 Å². The Morgan fingerprint density at radius 2 is 2.10 bits per heavy atom. The van der Waals surface area contributed by atoms with Gasteiger partial charge in [-0.05, 0) is 81.2 Å². The van der Waals surface area contributed by atoms with E-state index in [9.17, 15) is 4.39 Å². The number of hydrogen-bond acceptors (Lipinski definition) is 4. The van der Waals surface area contributed by atoms with Gasteiger partial charge in [0, 0.05) is 49.1 Å². The summed E-state index contributed by atoms with van der Waals surface area (Å²) in [7, 11) is 0. The van der Waals surface area contributed by atoms with E-state index < -0.39 is 6.17 Å². The summed E-state index contributed by atoms with van der Waals surface area (Å²) in [5, 5.41) is 3.40. The lowest BCUT2D eigenvalue weighted by Crippen LogP contribution is -2.24. The standard InChI is InChI=1S/C26H35FN4/c27-24(8-2-1-7-23-12-11-20-5-3-15-29-26(20)30-23)21-13-16-31(17-21)18-22-6-4-14-28-25(22)19-9-10-19/h4,6,11-12,14,19,21,24H,1-3,5,7-10,13,15-18H2,(H,29,30). The Kier molecular flexibility index (Phi) is 6.49. The molecule has 1 saturated carbocycles. The minimum absolute atomic E-state index is 0.187. The molecule has 4 heterocycles. The molecule has 5 rings (SSSR count). The van der Waals surface area contributed by atoms with Crippen LogP contribution in [0.4, 0.5) is 10.2 Å². The molecule has 166 valence electrons. The Balaban J connectivity index is 1.05. The van der Waals surface area contributed by atoms with Gasteiger partial charge in [-0.15, -0.1) is 0 Å². The predicted molar refractivity (Wildman–Crippen MR) is 123 cm³/mol. The molecular formula is C26H35FN4. The van der Waals surface area contributed by atoms with Crippen molar-refractivity contribution in [3.05, 3.63) is 53.0 Å².